The molecule has 0 bridgehead atoms. The van der Waals surface area contributed by atoms with E-state index in [1.807, 2.05) is 17.8 Å². The number of nitrogens with zero attached hydrogens (tertiary/aromatic N) is 5. The predicted molar refractivity (Wildman–Crippen MR) is 109 cm³/mol. The summed E-state index contributed by atoms with van der Waals surface area (Å²) in [5.74, 6) is 1.01. The molecule has 0 aliphatic heterocycles. The quantitative estimate of drug-likeness (QED) is 0.480. The van der Waals surface area contributed by atoms with Crippen molar-refractivity contribution in [2.75, 3.05) is 14.2 Å². The summed E-state index contributed by atoms with van der Waals surface area (Å²) in [6, 6.07) is 5.57. The van der Waals surface area contributed by atoms with E-state index in [2.05, 4.69) is 21.0 Å². The van der Waals surface area contributed by atoms with E-state index in [4.69, 9.17) is 26.1 Å². The molecule has 10 heteroatoms. The first-order valence-electron chi connectivity index (χ1n) is 8.42. The third kappa shape index (κ3) is 3.37. The number of nitriles is 1. The molecule has 0 spiro atoms. The van der Waals surface area contributed by atoms with Crippen molar-refractivity contribution in [3.63, 3.8) is 0 Å². The number of aryl methyl sites for hydroxylation is 1. The number of methoxy groups -OCH3 is 2. The van der Waals surface area contributed by atoms with E-state index < -0.39 is 0 Å². The van der Waals surface area contributed by atoms with Crippen molar-refractivity contribution in [2.24, 2.45) is 7.05 Å². The van der Waals surface area contributed by atoms with E-state index in [0.717, 1.165) is 5.16 Å². The van der Waals surface area contributed by atoms with Gasteiger partial charge in [0.15, 0.2) is 21.8 Å². The Bertz CT molecular complexity index is 1260. The average molecular weight is 427 g/mol. The second-order valence-corrected chi connectivity index (χ2v) is 7.34. The number of ether oxygens (including phenoxy) is 2. The van der Waals surface area contributed by atoms with Gasteiger partial charge in [-0.05, 0) is 17.8 Å². The monoisotopic (exact) mass is 426 g/mol. The maximum atomic E-state index is 9.54. The number of H-pyrrole nitrogens is 1. The summed E-state index contributed by atoms with van der Waals surface area (Å²) in [6.45, 7) is 0. The topological polar surface area (TPSA) is 102 Å². The van der Waals surface area contributed by atoms with Gasteiger partial charge in [-0.1, -0.05) is 11.6 Å². The first-order valence-corrected chi connectivity index (χ1v) is 9.61. The Balaban J connectivity index is 1.96. The lowest BCUT2D eigenvalue weighted by atomic mass is 10.1. The summed E-state index contributed by atoms with van der Waals surface area (Å²) in [7, 11) is 4.98. The molecule has 0 saturated heterocycles. The molecule has 0 aliphatic rings. The molecule has 29 heavy (non-hydrogen) atoms. The minimum Gasteiger partial charge on any atom is -0.493 e. The molecule has 146 valence electrons. The fraction of sp³-hybridized carbons (Fsp3) is 0.158. The predicted octanol–water partition coefficient (Wildman–Crippen LogP) is 4.05. The highest BCUT2D eigenvalue weighted by atomic mass is 35.5. The Kier molecular flexibility index (Phi) is 5.05. The maximum absolute atomic E-state index is 9.54. The van der Waals surface area contributed by atoms with Crippen LogP contribution in [0.15, 0.2) is 41.0 Å². The van der Waals surface area contributed by atoms with Crippen molar-refractivity contribution in [3.8, 4) is 28.8 Å². The summed E-state index contributed by atoms with van der Waals surface area (Å²) >= 11 is 7.86. The fourth-order valence-electron chi connectivity index (χ4n) is 2.91. The van der Waals surface area contributed by atoms with Crippen molar-refractivity contribution >= 4 is 34.4 Å². The Morgan fingerprint density at radius 3 is 2.62 bits per heavy atom. The molecular formula is C19H15ClN6O2S. The molecule has 8 nitrogen and oxygen atoms in total. The molecule has 3 heterocycles. The third-order valence-corrected chi connectivity index (χ3v) is 5.57. The minimum absolute atomic E-state index is 0.417. The summed E-state index contributed by atoms with van der Waals surface area (Å²) in [4.78, 5) is 16.6. The van der Waals surface area contributed by atoms with Gasteiger partial charge >= 0.3 is 0 Å². The Hall–Kier alpha value is -3.22. The highest BCUT2D eigenvalue weighted by Gasteiger charge is 2.20. The van der Waals surface area contributed by atoms with E-state index in [-0.39, 0.29) is 0 Å². The van der Waals surface area contributed by atoms with Crippen LogP contribution in [0.2, 0.25) is 5.02 Å². The Labute approximate surface area is 175 Å². The van der Waals surface area contributed by atoms with Crippen LogP contribution in [0.25, 0.3) is 22.3 Å². The van der Waals surface area contributed by atoms with Gasteiger partial charge < -0.3 is 19.0 Å². The largest absolute Gasteiger partial charge is 0.493 e. The number of halogens is 1. The molecule has 1 aromatic carbocycles. The maximum Gasteiger partial charge on any atom is 0.197 e. The SMILES string of the molecule is COc1cc(Cl)c(-c2nc(Sc3nccn3C)nc3[nH]cc(C#N)c23)cc1OC. The molecule has 0 aliphatic carbocycles. The van der Waals surface area contributed by atoms with Crippen molar-refractivity contribution in [3.05, 3.63) is 41.3 Å². The van der Waals surface area contributed by atoms with E-state index in [1.54, 1.807) is 31.6 Å². The van der Waals surface area contributed by atoms with E-state index in [9.17, 15) is 5.26 Å². The highest BCUT2D eigenvalue weighted by molar-refractivity contribution is 7.99. The number of hydrogen-bond acceptors (Lipinski definition) is 7. The van der Waals surface area contributed by atoms with Crippen LogP contribution >= 0.6 is 23.4 Å². The fourth-order valence-corrected chi connectivity index (χ4v) is 3.91. The lowest BCUT2D eigenvalue weighted by Gasteiger charge is -2.13. The van der Waals surface area contributed by atoms with Gasteiger partial charge in [0.25, 0.3) is 0 Å². The van der Waals surface area contributed by atoms with Crippen LogP contribution in [-0.2, 0) is 7.05 Å². The molecule has 0 atom stereocenters. The zero-order valence-electron chi connectivity index (χ0n) is 15.7. The average Bonchev–Trinajstić information content (AvgIpc) is 3.33. The van der Waals surface area contributed by atoms with Crippen LogP contribution < -0.4 is 9.47 Å². The molecule has 0 saturated carbocycles. The summed E-state index contributed by atoms with van der Waals surface area (Å²) in [5, 5.41) is 11.8. The lowest BCUT2D eigenvalue weighted by Crippen LogP contribution is -1.98. The van der Waals surface area contributed by atoms with Gasteiger partial charge in [0.2, 0.25) is 0 Å². The number of fused-ring (bicyclic) bond motifs is 1. The van der Waals surface area contributed by atoms with Gasteiger partial charge in [0, 0.05) is 37.3 Å². The van der Waals surface area contributed by atoms with Crippen LogP contribution in [0, 0.1) is 11.3 Å². The third-order valence-electron chi connectivity index (χ3n) is 4.32. The molecule has 0 amide bonds. The molecule has 3 aromatic heterocycles. The van der Waals surface area contributed by atoms with Crippen LogP contribution in [0.5, 0.6) is 11.5 Å². The zero-order valence-corrected chi connectivity index (χ0v) is 17.3. The van der Waals surface area contributed by atoms with Crippen LogP contribution in [0.4, 0.5) is 0 Å². The summed E-state index contributed by atoms with van der Waals surface area (Å²) < 4.78 is 12.6. The van der Waals surface area contributed by atoms with Crippen molar-refractivity contribution < 1.29 is 9.47 Å². The van der Waals surface area contributed by atoms with Crippen LogP contribution in [0.1, 0.15) is 5.56 Å². The summed E-state index contributed by atoms with van der Waals surface area (Å²) in [6.07, 6.45) is 5.15. The second-order valence-electron chi connectivity index (χ2n) is 6.00. The molecule has 1 N–H and O–H groups in total. The molecule has 4 rings (SSSR count). The number of aromatic amines is 1. The molecule has 0 unspecified atom stereocenters. The first kappa shape index (κ1) is 19.1. The van der Waals surface area contributed by atoms with Gasteiger partial charge in [-0.15, -0.1) is 0 Å². The van der Waals surface area contributed by atoms with E-state index in [0.29, 0.717) is 49.5 Å². The molecule has 0 fully saturated rings. The Morgan fingerprint density at radius 2 is 1.97 bits per heavy atom. The normalized spacial score (nSPS) is 10.9. The van der Waals surface area contributed by atoms with E-state index >= 15 is 0 Å². The van der Waals surface area contributed by atoms with E-state index in [1.165, 1.54) is 18.9 Å². The number of aromatic nitrogens is 5. The zero-order chi connectivity index (χ0) is 20.5. The van der Waals surface area contributed by atoms with Crippen molar-refractivity contribution in [2.45, 2.75) is 10.3 Å². The van der Waals surface area contributed by atoms with Gasteiger partial charge in [0.05, 0.1) is 35.9 Å². The lowest BCUT2D eigenvalue weighted by molar-refractivity contribution is 0.355. The second kappa shape index (κ2) is 7.66. The minimum atomic E-state index is 0.417. The smallest absolute Gasteiger partial charge is 0.197 e. The molecule has 0 radical (unpaired) electrons. The summed E-state index contributed by atoms with van der Waals surface area (Å²) in [5.41, 5.74) is 2.09. The molecule has 4 aromatic rings. The van der Waals surface area contributed by atoms with Gasteiger partial charge in [0.1, 0.15) is 11.7 Å². The van der Waals surface area contributed by atoms with Crippen LogP contribution in [-0.4, -0.2) is 38.7 Å². The number of imidazole rings is 1. The Morgan fingerprint density at radius 1 is 1.21 bits per heavy atom. The molecular weight excluding hydrogens is 412 g/mol. The van der Waals surface area contributed by atoms with Gasteiger partial charge in [-0.3, -0.25) is 0 Å². The van der Waals surface area contributed by atoms with Crippen molar-refractivity contribution in [1.82, 2.24) is 24.5 Å². The first-order chi connectivity index (χ1) is 14.0. The standard InChI is InChI=1S/C19H15ClN6O2S/c1-26-5-4-22-19(26)29-18-24-16(15-10(8-21)9-23-17(15)25-18)11-6-13(27-2)14(28-3)7-12(11)20/h4-7,9H,1-3H3,(H,23,24,25). The number of benzene rings is 1. The van der Waals surface area contributed by atoms with Crippen LogP contribution in [0.3, 0.4) is 0 Å². The highest BCUT2D eigenvalue weighted by Crippen LogP contribution is 2.41. The van der Waals surface area contributed by atoms with Crippen molar-refractivity contribution in [1.29, 1.82) is 5.26 Å². The van der Waals surface area contributed by atoms with Gasteiger partial charge in [-0.25, -0.2) is 15.0 Å². The number of nitrogens with one attached hydrogen (secondary N) is 1. The number of hydrogen-bond donors (Lipinski definition) is 1. The number of rotatable bonds is 5. The van der Waals surface area contributed by atoms with Gasteiger partial charge in [-0.2, -0.15) is 5.26 Å².